The molecule has 0 N–H and O–H groups in total. The summed E-state index contributed by atoms with van der Waals surface area (Å²) in [5.41, 5.74) is -2.16. The van der Waals surface area contributed by atoms with Gasteiger partial charge in [-0.3, -0.25) is 4.79 Å². The predicted molar refractivity (Wildman–Crippen MR) is 115 cm³/mol. The smallest absolute Gasteiger partial charge is 0.431 e. The van der Waals surface area contributed by atoms with E-state index in [2.05, 4.69) is 4.98 Å². The van der Waals surface area contributed by atoms with Gasteiger partial charge >= 0.3 is 6.18 Å². The quantitative estimate of drug-likeness (QED) is 0.330. The molecule has 0 amide bonds. The van der Waals surface area contributed by atoms with Crippen molar-refractivity contribution in [3.8, 4) is 11.4 Å². The Morgan fingerprint density at radius 2 is 1.85 bits per heavy atom. The van der Waals surface area contributed by atoms with E-state index in [9.17, 15) is 31.6 Å². The maximum atomic E-state index is 13.5. The van der Waals surface area contributed by atoms with Crippen molar-refractivity contribution < 1.29 is 26.3 Å². The third-order valence-corrected chi connectivity index (χ3v) is 7.32. The molecule has 12 heteroatoms. The van der Waals surface area contributed by atoms with Gasteiger partial charge in [0.2, 0.25) is 0 Å². The van der Waals surface area contributed by atoms with E-state index in [1.54, 1.807) is 0 Å². The molecule has 0 aliphatic heterocycles. The number of hydrogen-bond donors (Lipinski definition) is 0. The predicted octanol–water partition coefficient (Wildman–Crippen LogP) is 3.02. The molecule has 0 fully saturated rings. The number of aryl methyl sites for hydroxylation is 1. The molecule has 3 heterocycles. The van der Waals surface area contributed by atoms with E-state index in [4.69, 9.17) is 0 Å². The summed E-state index contributed by atoms with van der Waals surface area (Å²) in [5, 5.41) is 12.6. The molecule has 0 saturated carbocycles. The summed E-state index contributed by atoms with van der Waals surface area (Å²) >= 11 is 0. The number of imidazole rings is 1. The van der Waals surface area contributed by atoms with Crippen molar-refractivity contribution in [2.24, 2.45) is 7.05 Å². The lowest BCUT2D eigenvalue weighted by Crippen LogP contribution is -2.28. The van der Waals surface area contributed by atoms with Crippen LogP contribution in [0.2, 0.25) is 0 Å². The fourth-order valence-corrected chi connectivity index (χ4v) is 5.00. The third-order valence-electron chi connectivity index (χ3n) is 5.55. The van der Waals surface area contributed by atoms with Crippen LogP contribution in [0.4, 0.5) is 13.2 Å². The Labute approximate surface area is 186 Å². The highest BCUT2D eigenvalue weighted by atomic mass is 32.2. The molecule has 0 radical (unpaired) electrons. The number of benzene rings is 1. The molecule has 8 nitrogen and oxygen atoms in total. The van der Waals surface area contributed by atoms with Crippen molar-refractivity contribution in [1.29, 1.82) is 0 Å². The topological polar surface area (TPSA) is 101 Å². The zero-order chi connectivity index (χ0) is 24.3. The standard InChI is InChI=1S/C21H19F3N4O4S/c1-4-28-17(21(22,23)24)10-15-18(20(28)29)26(3)19(25-15)14-8-12-6-7-27(30)11-13(12)9-16(14)33(31,32)5-2/h6-11H,4-5H2,1-3H3. The first-order chi connectivity index (χ1) is 15.4. The second kappa shape index (κ2) is 7.58. The maximum Gasteiger partial charge on any atom is 0.431 e. The number of rotatable bonds is 4. The van der Waals surface area contributed by atoms with Crippen LogP contribution in [0, 0.1) is 5.21 Å². The van der Waals surface area contributed by atoms with Crippen LogP contribution in [0.3, 0.4) is 0 Å². The number of alkyl halides is 3. The van der Waals surface area contributed by atoms with Gasteiger partial charge in [-0.15, -0.1) is 0 Å². The largest absolute Gasteiger partial charge is 0.619 e. The summed E-state index contributed by atoms with van der Waals surface area (Å²) in [6, 6.07) is 5.12. The van der Waals surface area contributed by atoms with E-state index in [-0.39, 0.29) is 39.6 Å². The van der Waals surface area contributed by atoms with Gasteiger partial charge in [0.25, 0.3) is 5.56 Å². The average Bonchev–Trinajstić information content (AvgIpc) is 3.08. The van der Waals surface area contributed by atoms with Crippen LogP contribution in [-0.4, -0.2) is 28.3 Å². The fourth-order valence-electron chi connectivity index (χ4n) is 3.90. The molecule has 4 aromatic rings. The minimum Gasteiger partial charge on any atom is -0.619 e. The number of aromatic nitrogens is 4. The Morgan fingerprint density at radius 1 is 1.15 bits per heavy atom. The Balaban J connectivity index is 2.13. The molecule has 0 atom stereocenters. The minimum absolute atomic E-state index is 0.0249. The summed E-state index contributed by atoms with van der Waals surface area (Å²) in [7, 11) is -2.37. The van der Waals surface area contributed by atoms with Crippen LogP contribution in [0.15, 0.2) is 46.3 Å². The summed E-state index contributed by atoms with van der Waals surface area (Å²) in [4.78, 5) is 17.0. The zero-order valence-electron chi connectivity index (χ0n) is 17.8. The van der Waals surface area contributed by atoms with Crippen molar-refractivity contribution in [1.82, 2.24) is 14.1 Å². The van der Waals surface area contributed by atoms with E-state index in [1.807, 2.05) is 0 Å². The Hall–Kier alpha value is -3.41. The van der Waals surface area contributed by atoms with Crippen LogP contribution < -0.4 is 10.3 Å². The van der Waals surface area contributed by atoms with Crippen molar-refractivity contribution in [2.75, 3.05) is 5.75 Å². The highest BCUT2D eigenvalue weighted by molar-refractivity contribution is 7.91. The van der Waals surface area contributed by atoms with E-state index >= 15 is 0 Å². The van der Waals surface area contributed by atoms with Crippen LogP contribution in [0.5, 0.6) is 0 Å². The molecule has 33 heavy (non-hydrogen) atoms. The molecule has 3 aromatic heterocycles. The van der Waals surface area contributed by atoms with Gasteiger partial charge < -0.3 is 14.3 Å². The van der Waals surface area contributed by atoms with Crippen molar-refractivity contribution in [2.45, 2.75) is 31.5 Å². The highest BCUT2D eigenvalue weighted by Gasteiger charge is 2.36. The Kier molecular flexibility index (Phi) is 5.23. The van der Waals surface area contributed by atoms with Crippen LogP contribution in [0.1, 0.15) is 19.5 Å². The lowest BCUT2D eigenvalue weighted by molar-refractivity contribution is -0.603. The first-order valence-corrected chi connectivity index (χ1v) is 11.6. The molecular weight excluding hydrogens is 461 g/mol. The van der Waals surface area contributed by atoms with Crippen LogP contribution >= 0.6 is 0 Å². The SMILES string of the molecule is CCn1c(C(F)(F)F)cc2nc(-c3cc4cc[n+]([O-])cc4cc3S(=O)(=O)CC)n(C)c2c1=O. The molecule has 0 unspecified atom stereocenters. The number of hydrogen-bond acceptors (Lipinski definition) is 5. The van der Waals surface area contributed by atoms with Gasteiger partial charge in [-0.05, 0) is 30.5 Å². The van der Waals surface area contributed by atoms with Crippen LogP contribution in [-0.2, 0) is 29.6 Å². The number of nitrogens with zero attached hydrogens (tertiary/aromatic N) is 4. The molecule has 1 aromatic carbocycles. The van der Waals surface area contributed by atoms with E-state index in [1.165, 1.54) is 56.1 Å². The molecule has 0 aliphatic rings. The van der Waals surface area contributed by atoms with Gasteiger partial charge in [-0.1, -0.05) is 6.92 Å². The molecule has 0 saturated heterocycles. The molecule has 0 bridgehead atoms. The lowest BCUT2D eigenvalue weighted by atomic mass is 10.1. The molecule has 0 spiro atoms. The van der Waals surface area contributed by atoms with Gasteiger partial charge in [-0.25, -0.2) is 13.4 Å². The normalized spacial score (nSPS) is 12.7. The molecule has 174 valence electrons. The van der Waals surface area contributed by atoms with Gasteiger partial charge in [0, 0.05) is 30.6 Å². The summed E-state index contributed by atoms with van der Waals surface area (Å²) in [6.07, 6.45) is -2.31. The first-order valence-electron chi connectivity index (χ1n) is 9.96. The van der Waals surface area contributed by atoms with Crippen molar-refractivity contribution in [3.63, 3.8) is 0 Å². The first kappa shape index (κ1) is 22.8. The highest BCUT2D eigenvalue weighted by Crippen LogP contribution is 2.34. The number of halogens is 3. The summed E-state index contributed by atoms with van der Waals surface area (Å²) in [5.74, 6) is -0.225. The van der Waals surface area contributed by atoms with Crippen molar-refractivity contribution in [3.05, 3.63) is 57.9 Å². The number of fused-ring (bicyclic) bond motifs is 2. The average molecular weight is 480 g/mol. The fraction of sp³-hybridized carbons (Fsp3) is 0.286. The van der Waals surface area contributed by atoms with Gasteiger partial charge in [0.1, 0.15) is 17.0 Å². The maximum absolute atomic E-state index is 13.5. The molecule has 4 rings (SSSR count). The third kappa shape index (κ3) is 3.63. The van der Waals surface area contributed by atoms with E-state index in [0.717, 1.165) is 6.07 Å². The van der Waals surface area contributed by atoms with Gasteiger partial charge in [0.05, 0.1) is 16.2 Å². The Bertz CT molecular complexity index is 1590. The number of sulfone groups is 1. The minimum atomic E-state index is -4.77. The van der Waals surface area contributed by atoms with Gasteiger partial charge in [-0.2, -0.15) is 17.9 Å². The zero-order valence-corrected chi connectivity index (χ0v) is 18.7. The monoisotopic (exact) mass is 480 g/mol. The van der Waals surface area contributed by atoms with Crippen LogP contribution in [0.25, 0.3) is 33.2 Å². The summed E-state index contributed by atoms with van der Waals surface area (Å²) < 4.78 is 68.8. The second-order valence-electron chi connectivity index (χ2n) is 7.49. The molecule has 0 aliphatic carbocycles. The number of pyridine rings is 2. The van der Waals surface area contributed by atoms with E-state index < -0.39 is 27.3 Å². The van der Waals surface area contributed by atoms with Gasteiger partial charge in [0.15, 0.2) is 22.2 Å². The molecular formula is C21H19F3N4O4S. The van der Waals surface area contributed by atoms with E-state index in [0.29, 0.717) is 20.1 Å². The summed E-state index contributed by atoms with van der Waals surface area (Å²) in [6.45, 7) is 2.68. The lowest BCUT2D eigenvalue weighted by Gasteiger charge is -2.14. The second-order valence-corrected chi connectivity index (χ2v) is 9.74. The Morgan fingerprint density at radius 3 is 2.45 bits per heavy atom. The van der Waals surface area contributed by atoms with Crippen molar-refractivity contribution >= 4 is 31.6 Å².